The minimum absolute atomic E-state index is 0.162. The number of nitro groups is 1. The molecule has 8 heteroatoms. The van der Waals surface area contributed by atoms with Crippen molar-refractivity contribution in [3.63, 3.8) is 0 Å². The van der Waals surface area contributed by atoms with Gasteiger partial charge in [0.1, 0.15) is 5.75 Å². The summed E-state index contributed by atoms with van der Waals surface area (Å²) in [5, 5.41) is 23.2. The number of non-ortho nitro benzene ring substituents is 1. The van der Waals surface area contributed by atoms with Crippen molar-refractivity contribution in [2.75, 3.05) is 5.32 Å². The van der Waals surface area contributed by atoms with Crippen LogP contribution in [0.5, 0.6) is 5.75 Å². The maximum Gasteiger partial charge on any atom is 0.270 e. The summed E-state index contributed by atoms with van der Waals surface area (Å²) in [5.74, 6) is -0.960. The lowest BCUT2D eigenvalue weighted by Crippen LogP contribution is -2.12. The smallest absolute Gasteiger partial charge is 0.270 e. The second kappa shape index (κ2) is 5.25. The predicted molar refractivity (Wildman–Crippen MR) is 74.3 cm³/mol. The minimum Gasteiger partial charge on any atom is -0.507 e. The number of nitrogens with one attached hydrogen (secondary N) is 1. The molecule has 2 N–H and O–H groups in total. The molecule has 1 amide bonds. The maximum atomic E-state index is 12.0. The Morgan fingerprint density at radius 3 is 2.70 bits per heavy atom. The van der Waals surface area contributed by atoms with Crippen LogP contribution in [0.3, 0.4) is 0 Å². The number of aromatic nitrogens is 1. The largest absolute Gasteiger partial charge is 0.507 e. The van der Waals surface area contributed by atoms with Gasteiger partial charge in [0.05, 0.1) is 16.2 Å². The molecular weight excluding hydrogens is 282 g/mol. The van der Waals surface area contributed by atoms with E-state index in [0.717, 1.165) is 28.8 Å². The second-order valence-corrected chi connectivity index (χ2v) is 5.28. The van der Waals surface area contributed by atoms with Gasteiger partial charge in [-0.25, -0.2) is 4.98 Å². The maximum absolute atomic E-state index is 12.0. The van der Waals surface area contributed by atoms with Gasteiger partial charge in [-0.2, -0.15) is 0 Å². The number of nitrogens with zero attached hydrogens (tertiary/aromatic N) is 2. The number of anilines is 1. The molecule has 0 unspecified atom stereocenters. The first-order valence-electron chi connectivity index (χ1n) is 5.61. The van der Waals surface area contributed by atoms with Crippen LogP contribution in [0.25, 0.3) is 0 Å². The van der Waals surface area contributed by atoms with E-state index in [0.29, 0.717) is 5.13 Å². The molecule has 2 rings (SSSR count). The molecule has 0 atom stereocenters. The molecule has 0 saturated carbocycles. The van der Waals surface area contributed by atoms with E-state index in [1.807, 2.05) is 13.8 Å². The summed E-state index contributed by atoms with van der Waals surface area (Å²) in [5.41, 5.74) is 0.373. The van der Waals surface area contributed by atoms with Crippen molar-refractivity contribution in [3.05, 3.63) is 44.4 Å². The highest BCUT2D eigenvalue weighted by molar-refractivity contribution is 7.15. The van der Waals surface area contributed by atoms with E-state index in [-0.39, 0.29) is 17.0 Å². The molecule has 0 radical (unpaired) electrons. The average molecular weight is 293 g/mol. The van der Waals surface area contributed by atoms with E-state index >= 15 is 0 Å². The van der Waals surface area contributed by atoms with Crippen LogP contribution >= 0.6 is 11.3 Å². The van der Waals surface area contributed by atoms with Gasteiger partial charge in [0, 0.05) is 17.0 Å². The zero-order valence-corrected chi connectivity index (χ0v) is 11.5. The third kappa shape index (κ3) is 2.75. The Labute approximate surface area is 118 Å². The topological polar surface area (TPSA) is 105 Å². The number of nitro benzene ring substituents is 1. The fraction of sp³-hybridized carbons (Fsp3) is 0.167. The van der Waals surface area contributed by atoms with Crippen molar-refractivity contribution >= 4 is 28.1 Å². The Hall–Kier alpha value is -2.48. The molecule has 7 nitrogen and oxygen atoms in total. The number of hydrogen-bond acceptors (Lipinski definition) is 6. The van der Waals surface area contributed by atoms with E-state index < -0.39 is 10.8 Å². The monoisotopic (exact) mass is 293 g/mol. The van der Waals surface area contributed by atoms with Gasteiger partial charge in [-0.05, 0) is 19.9 Å². The number of amides is 1. The summed E-state index contributed by atoms with van der Waals surface area (Å²) < 4.78 is 0. The van der Waals surface area contributed by atoms with Crippen LogP contribution in [0.2, 0.25) is 0 Å². The fourth-order valence-electron chi connectivity index (χ4n) is 1.51. The Bertz CT molecular complexity index is 677. The molecule has 0 aliphatic rings. The van der Waals surface area contributed by atoms with Gasteiger partial charge in [-0.1, -0.05) is 0 Å². The average Bonchev–Trinajstić information content (AvgIpc) is 2.68. The lowest BCUT2D eigenvalue weighted by molar-refractivity contribution is -0.384. The summed E-state index contributed by atoms with van der Waals surface area (Å²) >= 11 is 1.30. The van der Waals surface area contributed by atoms with Crippen molar-refractivity contribution in [3.8, 4) is 5.75 Å². The van der Waals surface area contributed by atoms with Gasteiger partial charge in [0.2, 0.25) is 0 Å². The lowest BCUT2D eigenvalue weighted by Gasteiger charge is -2.04. The normalized spacial score (nSPS) is 10.3. The molecule has 2 aromatic rings. The zero-order valence-electron chi connectivity index (χ0n) is 10.7. The number of aromatic hydroxyl groups is 1. The summed E-state index contributed by atoms with van der Waals surface area (Å²) in [7, 11) is 0. The Kier molecular flexibility index (Phi) is 3.66. The fourth-order valence-corrected chi connectivity index (χ4v) is 2.32. The molecule has 0 fully saturated rings. The molecule has 20 heavy (non-hydrogen) atoms. The summed E-state index contributed by atoms with van der Waals surface area (Å²) in [6.45, 7) is 3.68. The molecule has 0 saturated heterocycles. The van der Waals surface area contributed by atoms with Crippen LogP contribution < -0.4 is 5.32 Å². The van der Waals surface area contributed by atoms with Crippen molar-refractivity contribution in [1.82, 2.24) is 4.98 Å². The lowest BCUT2D eigenvalue weighted by atomic mass is 10.1. The van der Waals surface area contributed by atoms with E-state index in [2.05, 4.69) is 10.3 Å². The van der Waals surface area contributed by atoms with Gasteiger partial charge in [-0.3, -0.25) is 20.2 Å². The predicted octanol–water partition coefficient (Wildman–Crippen LogP) is 2.63. The SMILES string of the molecule is Cc1nc(NC(=O)c2cc([N+](=O)[O-])ccc2O)sc1C. The van der Waals surface area contributed by atoms with E-state index in [1.165, 1.54) is 11.3 Å². The first kappa shape index (κ1) is 13.9. The van der Waals surface area contributed by atoms with Crippen molar-refractivity contribution in [1.29, 1.82) is 0 Å². The van der Waals surface area contributed by atoms with Crippen LogP contribution in [0, 0.1) is 24.0 Å². The standard InChI is InChI=1S/C12H11N3O4S/c1-6-7(2)20-12(13-6)14-11(17)9-5-8(15(18)19)3-4-10(9)16/h3-5,16H,1-2H3,(H,13,14,17). The van der Waals surface area contributed by atoms with E-state index in [1.54, 1.807) is 0 Å². The number of carbonyl (C=O) groups excluding carboxylic acids is 1. The Morgan fingerprint density at radius 1 is 1.45 bits per heavy atom. The molecule has 1 heterocycles. The molecule has 0 bridgehead atoms. The first-order chi connectivity index (χ1) is 9.38. The van der Waals surface area contributed by atoms with E-state index in [9.17, 15) is 20.0 Å². The quantitative estimate of drug-likeness (QED) is 0.668. The number of aryl methyl sites for hydroxylation is 2. The number of thiazole rings is 1. The number of phenolic OH excluding ortho intramolecular Hbond substituents is 1. The Morgan fingerprint density at radius 2 is 2.15 bits per heavy atom. The van der Waals surface area contributed by atoms with Crippen LogP contribution in [0.1, 0.15) is 20.9 Å². The van der Waals surface area contributed by atoms with Gasteiger partial charge < -0.3 is 5.11 Å². The zero-order chi connectivity index (χ0) is 14.9. The van der Waals surface area contributed by atoms with Crippen LogP contribution in [0.4, 0.5) is 10.8 Å². The second-order valence-electron chi connectivity index (χ2n) is 4.07. The van der Waals surface area contributed by atoms with Crippen LogP contribution in [0.15, 0.2) is 18.2 Å². The van der Waals surface area contributed by atoms with Crippen molar-refractivity contribution < 1.29 is 14.8 Å². The molecule has 1 aromatic heterocycles. The molecular formula is C12H11N3O4S. The third-order valence-electron chi connectivity index (χ3n) is 2.68. The summed E-state index contributed by atoms with van der Waals surface area (Å²) in [6.07, 6.45) is 0. The van der Waals surface area contributed by atoms with Gasteiger partial charge in [0.15, 0.2) is 5.13 Å². The number of hydrogen-bond donors (Lipinski definition) is 2. The molecule has 104 valence electrons. The van der Waals surface area contributed by atoms with Gasteiger partial charge in [-0.15, -0.1) is 11.3 Å². The highest BCUT2D eigenvalue weighted by Crippen LogP contribution is 2.26. The highest BCUT2D eigenvalue weighted by Gasteiger charge is 2.17. The molecule has 0 spiro atoms. The number of carbonyl (C=O) groups is 1. The van der Waals surface area contributed by atoms with Crippen LogP contribution in [-0.2, 0) is 0 Å². The van der Waals surface area contributed by atoms with Crippen LogP contribution in [-0.4, -0.2) is 20.9 Å². The van der Waals surface area contributed by atoms with Gasteiger partial charge >= 0.3 is 0 Å². The number of phenols is 1. The summed E-state index contributed by atoms with van der Waals surface area (Å²) in [6, 6.07) is 3.27. The molecule has 1 aromatic carbocycles. The molecule has 0 aliphatic heterocycles. The molecule has 0 aliphatic carbocycles. The minimum atomic E-state index is -0.639. The third-order valence-corrected chi connectivity index (χ3v) is 3.67. The number of rotatable bonds is 3. The Balaban J connectivity index is 2.29. The van der Waals surface area contributed by atoms with E-state index in [4.69, 9.17) is 0 Å². The summed E-state index contributed by atoms with van der Waals surface area (Å²) in [4.78, 5) is 27.1. The van der Waals surface area contributed by atoms with Crippen molar-refractivity contribution in [2.45, 2.75) is 13.8 Å². The first-order valence-corrected chi connectivity index (χ1v) is 6.43. The van der Waals surface area contributed by atoms with Gasteiger partial charge in [0.25, 0.3) is 11.6 Å². The highest BCUT2D eigenvalue weighted by atomic mass is 32.1. The van der Waals surface area contributed by atoms with Crippen molar-refractivity contribution in [2.24, 2.45) is 0 Å². The number of benzene rings is 1.